The maximum atomic E-state index is 13.8. The molecule has 0 unspecified atom stereocenters. The Labute approximate surface area is 227 Å². The summed E-state index contributed by atoms with van der Waals surface area (Å²) in [6.07, 6.45) is 3.08. The normalized spacial score (nSPS) is 15.2. The van der Waals surface area contributed by atoms with Crippen LogP contribution >= 0.6 is 11.3 Å². The standard InChI is InChI=1S/C29H34N2O6S/c1-34-23-9-7-22(8-10-23)29(33)31(24-6-4-5-13-30-28(24)32)18-21-16-25(35-2)27(26(17-21)36-3)37-14-11-20-12-15-38-19-20/h7-10,12,15-17,19,24H,4-6,11,13-14,18H2,1-3H3,(H,30,32)/t24-/m0/s1. The van der Waals surface area contributed by atoms with Gasteiger partial charge >= 0.3 is 0 Å². The number of thiophene rings is 1. The number of hydrogen-bond acceptors (Lipinski definition) is 7. The fourth-order valence-corrected chi connectivity index (χ4v) is 5.22. The Bertz CT molecular complexity index is 1190. The first-order chi connectivity index (χ1) is 18.5. The highest BCUT2D eigenvalue weighted by Crippen LogP contribution is 2.39. The van der Waals surface area contributed by atoms with Gasteiger partial charge in [-0.3, -0.25) is 9.59 Å². The summed E-state index contributed by atoms with van der Waals surface area (Å²) < 4.78 is 22.6. The minimum absolute atomic E-state index is 0.142. The fraction of sp³-hybridized carbons (Fsp3) is 0.379. The molecule has 1 aliphatic heterocycles. The number of ether oxygens (including phenoxy) is 4. The maximum absolute atomic E-state index is 13.8. The van der Waals surface area contributed by atoms with E-state index in [-0.39, 0.29) is 18.4 Å². The van der Waals surface area contributed by atoms with Crippen LogP contribution in [-0.2, 0) is 17.8 Å². The molecule has 2 amide bonds. The number of rotatable bonds is 11. The van der Waals surface area contributed by atoms with E-state index >= 15 is 0 Å². The van der Waals surface area contributed by atoms with E-state index < -0.39 is 6.04 Å². The summed E-state index contributed by atoms with van der Waals surface area (Å²) >= 11 is 1.65. The summed E-state index contributed by atoms with van der Waals surface area (Å²) in [6, 6.07) is 12.1. The first-order valence-electron chi connectivity index (χ1n) is 12.7. The molecule has 1 fully saturated rings. The second kappa shape index (κ2) is 13.2. The average molecular weight is 539 g/mol. The Balaban J connectivity index is 1.62. The van der Waals surface area contributed by atoms with Crippen molar-refractivity contribution in [1.82, 2.24) is 10.2 Å². The lowest BCUT2D eigenvalue weighted by Crippen LogP contribution is -2.48. The molecule has 0 aliphatic carbocycles. The zero-order valence-electron chi connectivity index (χ0n) is 22.0. The van der Waals surface area contributed by atoms with Crippen molar-refractivity contribution in [1.29, 1.82) is 0 Å². The monoisotopic (exact) mass is 538 g/mol. The molecule has 1 aliphatic rings. The molecule has 202 valence electrons. The summed E-state index contributed by atoms with van der Waals surface area (Å²) in [7, 11) is 4.72. The van der Waals surface area contributed by atoms with Gasteiger partial charge in [0.15, 0.2) is 11.5 Å². The van der Waals surface area contributed by atoms with Crippen molar-refractivity contribution >= 4 is 23.2 Å². The molecule has 2 heterocycles. The molecular weight excluding hydrogens is 504 g/mol. The largest absolute Gasteiger partial charge is 0.497 e. The minimum atomic E-state index is -0.592. The number of nitrogens with zero attached hydrogens (tertiary/aromatic N) is 1. The highest BCUT2D eigenvalue weighted by molar-refractivity contribution is 7.07. The van der Waals surface area contributed by atoms with Crippen LogP contribution in [-0.4, -0.2) is 57.2 Å². The third kappa shape index (κ3) is 6.58. The topological polar surface area (TPSA) is 86.3 Å². The van der Waals surface area contributed by atoms with Gasteiger partial charge in [-0.25, -0.2) is 0 Å². The quantitative estimate of drug-likeness (QED) is 0.381. The van der Waals surface area contributed by atoms with Gasteiger partial charge in [-0.15, -0.1) is 0 Å². The summed E-state index contributed by atoms with van der Waals surface area (Å²) in [5, 5.41) is 7.09. The molecule has 3 aromatic rings. The van der Waals surface area contributed by atoms with Crippen molar-refractivity contribution in [2.75, 3.05) is 34.5 Å². The Morgan fingerprint density at radius 3 is 2.37 bits per heavy atom. The first-order valence-corrected chi connectivity index (χ1v) is 13.6. The molecule has 38 heavy (non-hydrogen) atoms. The van der Waals surface area contributed by atoms with Crippen LogP contribution in [0.2, 0.25) is 0 Å². The Morgan fingerprint density at radius 1 is 1.00 bits per heavy atom. The van der Waals surface area contributed by atoms with Gasteiger partial charge in [0.1, 0.15) is 11.8 Å². The van der Waals surface area contributed by atoms with E-state index in [0.29, 0.717) is 48.1 Å². The fourth-order valence-electron chi connectivity index (χ4n) is 4.51. The van der Waals surface area contributed by atoms with E-state index in [4.69, 9.17) is 18.9 Å². The van der Waals surface area contributed by atoms with Crippen LogP contribution in [0.5, 0.6) is 23.0 Å². The van der Waals surface area contributed by atoms with Gasteiger partial charge in [0.2, 0.25) is 11.7 Å². The third-order valence-electron chi connectivity index (χ3n) is 6.57. The van der Waals surface area contributed by atoms with Gasteiger partial charge in [-0.2, -0.15) is 11.3 Å². The highest BCUT2D eigenvalue weighted by Gasteiger charge is 2.32. The zero-order chi connectivity index (χ0) is 26.9. The van der Waals surface area contributed by atoms with Crippen molar-refractivity contribution in [2.45, 2.75) is 38.3 Å². The number of amides is 2. The van der Waals surface area contributed by atoms with E-state index in [2.05, 4.69) is 16.8 Å². The number of nitrogens with one attached hydrogen (secondary N) is 1. The SMILES string of the molecule is COc1ccc(C(=O)N(Cc2cc(OC)c(OCCc3ccsc3)c(OC)c2)[C@H]2CCCCNC2=O)cc1. The lowest BCUT2D eigenvalue weighted by atomic mass is 10.0. The molecule has 0 radical (unpaired) electrons. The summed E-state index contributed by atoms with van der Waals surface area (Å²) in [6.45, 7) is 1.27. The molecule has 2 aromatic carbocycles. The number of carbonyl (C=O) groups excluding carboxylic acids is 2. The number of carbonyl (C=O) groups is 2. The zero-order valence-corrected chi connectivity index (χ0v) is 22.8. The summed E-state index contributed by atoms with van der Waals surface area (Å²) in [5.41, 5.74) is 2.46. The van der Waals surface area contributed by atoms with Crippen LogP contribution in [0.1, 0.15) is 40.7 Å². The van der Waals surface area contributed by atoms with E-state index in [0.717, 1.165) is 24.8 Å². The summed E-state index contributed by atoms with van der Waals surface area (Å²) in [5.74, 6) is 1.80. The number of benzene rings is 2. The Kier molecular flexibility index (Phi) is 9.48. The predicted molar refractivity (Wildman–Crippen MR) is 147 cm³/mol. The van der Waals surface area contributed by atoms with Crippen LogP contribution in [0.3, 0.4) is 0 Å². The second-order valence-corrected chi connectivity index (χ2v) is 9.80. The van der Waals surface area contributed by atoms with Crippen LogP contribution in [0.4, 0.5) is 0 Å². The number of hydrogen-bond donors (Lipinski definition) is 1. The van der Waals surface area contributed by atoms with E-state index in [9.17, 15) is 9.59 Å². The van der Waals surface area contributed by atoms with Crippen LogP contribution in [0.15, 0.2) is 53.2 Å². The molecule has 0 saturated carbocycles. The van der Waals surface area contributed by atoms with E-state index in [1.165, 1.54) is 5.56 Å². The summed E-state index contributed by atoms with van der Waals surface area (Å²) in [4.78, 5) is 28.4. The van der Waals surface area contributed by atoms with E-state index in [1.807, 2.05) is 17.5 Å². The average Bonchev–Trinajstić information content (AvgIpc) is 3.38. The minimum Gasteiger partial charge on any atom is -0.497 e. The first kappa shape index (κ1) is 27.3. The molecular formula is C29H34N2O6S. The van der Waals surface area contributed by atoms with Crippen molar-refractivity contribution in [3.63, 3.8) is 0 Å². The molecule has 9 heteroatoms. The van der Waals surface area contributed by atoms with Crippen molar-refractivity contribution in [3.05, 3.63) is 69.9 Å². The van der Waals surface area contributed by atoms with Gasteiger partial charge in [-0.1, -0.05) is 0 Å². The Hall–Kier alpha value is -3.72. The van der Waals surface area contributed by atoms with E-state index in [1.54, 1.807) is 61.8 Å². The van der Waals surface area contributed by atoms with Crippen molar-refractivity contribution < 1.29 is 28.5 Å². The van der Waals surface area contributed by atoms with Crippen LogP contribution < -0.4 is 24.3 Å². The van der Waals surface area contributed by atoms with Gasteiger partial charge < -0.3 is 29.2 Å². The third-order valence-corrected chi connectivity index (χ3v) is 7.30. The lowest BCUT2D eigenvalue weighted by Gasteiger charge is -2.30. The van der Waals surface area contributed by atoms with Gasteiger partial charge in [0.05, 0.1) is 27.9 Å². The molecule has 4 rings (SSSR count). The molecule has 1 atom stereocenters. The number of methoxy groups -OCH3 is 3. The second-order valence-electron chi connectivity index (χ2n) is 9.02. The molecule has 1 N–H and O–H groups in total. The van der Waals surface area contributed by atoms with Crippen molar-refractivity contribution in [3.8, 4) is 23.0 Å². The highest BCUT2D eigenvalue weighted by atomic mass is 32.1. The molecule has 0 spiro atoms. The molecule has 8 nitrogen and oxygen atoms in total. The smallest absolute Gasteiger partial charge is 0.254 e. The van der Waals surface area contributed by atoms with Crippen LogP contribution in [0, 0.1) is 0 Å². The van der Waals surface area contributed by atoms with Crippen LogP contribution in [0.25, 0.3) is 0 Å². The molecule has 0 bridgehead atoms. The molecule has 1 aromatic heterocycles. The van der Waals surface area contributed by atoms with Crippen molar-refractivity contribution in [2.24, 2.45) is 0 Å². The predicted octanol–water partition coefficient (Wildman–Crippen LogP) is 4.71. The molecule has 1 saturated heterocycles. The lowest BCUT2D eigenvalue weighted by molar-refractivity contribution is -0.125. The Morgan fingerprint density at radius 2 is 1.74 bits per heavy atom. The van der Waals surface area contributed by atoms with Gasteiger partial charge in [0.25, 0.3) is 5.91 Å². The van der Waals surface area contributed by atoms with Gasteiger partial charge in [0, 0.05) is 25.1 Å². The van der Waals surface area contributed by atoms with Gasteiger partial charge in [-0.05, 0) is 83.6 Å². The maximum Gasteiger partial charge on any atom is 0.254 e.